The Kier molecular flexibility index (Phi) is 14.2. The minimum atomic E-state index is -4.76. The van der Waals surface area contributed by atoms with Crippen LogP contribution in [0.1, 0.15) is 70.1 Å². The van der Waals surface area contributed by atoms with Gasteiger partial charge < -0.3 is 25.0 Å². The second-order valence-corrected chi connectivity index (χ2v) is 12.2. The first-order chi connectivity index (χ1) is 21.5. The van der Waals surface area contributed by atoms with Gasteiger partial charge in [0, 0.05) is 18.7 Å². The molecule has 3 rings (SSSR count). The van der Waals surface area contributed by atoms with Gasteiger partial charge in [-0.2, -0.15) is 13.1 Å². The summed E-state index contributed by atoms with van der Waals surface area (Å²) in [6.07, 6.45) is 1.55. The molecule has 1 unspecified atom stereocenters. The first-order valence-electron chi connectivity index (χ1n) is 15.0. The third kappa shape index (κ3) is 12.0. The zero-order chi connectivity index (χ0) is 32.8. The van der Waals surface area contributed by atoms with E-state index < -0.39 is 64.8 Å². The molecule has 1 aliphatic heterocycles. The van der Waals surface area contributed by atoms with Crippen molar-refractivity contribution >= 4 is 22.3 Å². The lowest BCUT2D eigenvalue weighted by Gasteiger charge is -2.19. The van der Waals surface area contributed by atoms with Crippen LogP contribution in [0.5, 0.6) is 0 Å². The molecule has 5 atom stereocenters. The number of amides is 2. The SMILES string of the molecule is CCCCCCCCCC(=O)NC(COC(=O)NS(=O)(=O)OC[C@H]1O[C@@H](n2ccc(=O)[nH]c2=O)[C@H](O)[C@@H]1O)Cc1ccccc1. The number of ether oxygens (including phenoxy) is 2. The number of H-pyrrole nitrogens is 1. The summed E-state index contributed by atoms with van der Waals surface area (Å²) in [6, 6.07) is 9.57. The zero-order valence-electron chi connectivity index (χ0n) is 25.1. The van der Waals surface area contributed by atoms with Crippen molar-refractivity contribution in [3.05, 3.63) is 69.0 Å². The van der Waals surface area contributed by atoms with Gasteiger partial charge in [0.15, 0.2) is 6.23 Å². The van der Waals surface area contributed by atoms with E-state index in [1.54, 1.807) is 4.72 Å². The number of carbonyl (C=O) groups is 2. The van der Waals surface area contributed by atoms with Crippen LogP contribution in [0, 0.1) is 0 Å². The normalized spacial score (nSPS) is 20.4. The maximum absolute atomic E-state index is 12.6. The lowest BCUT2D eigenvalue weighted by molar-refractivity contribution is -0.122. The highest BCUT2D eigenvalue weighted by atomic mass is 32.2. The molecule has 1 aromatic carbocycles. The molecule has 1 aromatic heterocycles. The molecule has 5 N–H and O–H groups in total. The van der Waals surface area contributed by atoms with E-state index in [1.165, 1.54) is 19.3 Å². The van der Waals surface area contributed by atoms with E-state index in [0.29, 0.717) is 12.8 Å². The fourth-order valence-corrected chi connectivity index (χ4v) is 5.45. The fourth-order valence-electron chi connectivity index (χ4n) is 4.81. The van der Waals surface area contributed by atoms with Crippen LogP contribution >= 0.6 is 0 Å². The quantitative estimate of drug-likeness (QED) is 0.143. The molecule has 2 aromatic rings. The summed E-state index contributed by atoms with van der Waals surface area (Å²) in [6.45, 7) is 0.993. The number of hydrogen-bond donors (Lipinski definition) is 5. The molecule has 15 nitrogen and oxygen atoms in total. The Balaban J connectivity index is 1.48. The van der Waals surface area contributed by atoms with E-state index in [-0.39, 0.29) is 12.5 Å². The molecule has 1 saturated heterocycles. The Hall–Kier alpha value is -3.57. The number of benzene rings is 1. The number of nitrogens with one attached hydrogen (secondary N) is 3. The van der Waals surface area contributed by atoms with Gasteiger partial charge in [-0.05, 0) is 18.4 Å². The second kappa shape index (κ2) is 17.8. The van der Waals surface area contributed by atoms with Gasteiger partial charge in [0.25, 0.3) is 5.56 Å². The van der Waals surface area contributed by atoms with Crippen molar-refractivity contribution in [2.45, 2.75) is 95.3 Å². The molecule has 0 spiro atoms. The maximum atomic E-state index is 12.6. The maximum Gasteiger partial charge on any atom is 0.422 e. The Bertz CT molecular complexity index is 1450. The van der Waals surface area contributed by atoms with Gasteiger partial charge >= 0.3 is 22.1 Å². The number of aromatic amines is 1. The Labute approximate surface area is 261 Å². The van der Waals surface area contributed by atoms with Crippen molar-refractivity contribution in [1.82, 2.24) is 19.6 Å². The number of rotatable bonds is 18. The van der Waals surface area contributed by atoms with E-state index >= 15 is 0 Å². The Morgan fingerprint density at radius 1 is 1.02 bits per heavy atom. The molecule has 250 valence electrons. The molecule has 2 amide bonds. The Morgan fingerprint density at radius 2 is 1.71 bits per heavy atom. The molecule has 16 heteroatoms. The van der Waals surface area contributed by atoms with Crippen molar-refractivity contribution in [2.24, 2.45) is 0 Å². The highest BCUT2D eigenvalue weighted by molar-refractivity contribution is 7.85. The predicted octanol–water partition coefficient (Wildman–Crippen LogP) is 1.01. The summed E-state index contributed by atoms with van der Waals surface area (Å²) in [5.74, 6) is -0.204. The van der Waals surface area contributed by atoms with Gasteiger partial charge in [0.2, 0.25) is 5.91 Å². The average Bonchev–Trinajstić information content (AvgIpc) is 3.27. The third-order valence-corrected chi connectivity index (χ3v) is 8.03. The van der Waals surface area contributed by atoms with Crippen molar-refractivity contribution in [1.29, 1.82) is 0 Å². The van der Waals surface area contributed by atoms with E-state index in [9.17, 15) is 37.8 Å². The molecule has 0 radical (unpaired) electrons. The highest BCUT2D eigenvalue weighted by Gasteiger charge is 2.45. The van der Waals surface area contributed by atoms with Gasteiger partial charge in [-0.25, -0.2) is 9.59 Å². The number of aliphatic hydroxyl groups excluding tert-OH is 2. The number of aromatic nitrogens is 2. The topological polar surface area (TPSA) is 215 Å². The molecule has 1 aliphatic rings. The van der Waals surface area contributed by atoms with E-state index in [0.717, 1.165) is 48.1 Å². The molecule has 0 saturated carbocycles. The molecule has 1 fully saturated rings. The van der Waals surface area contributed by atoms with Crippen LogP contribution in [0.4, 0.5) is 4.79 Å². The number of hydrogen-bond acceptors (Lipinski definition) is 11. The van der Waals surface area contributed by atoms with Crippen molar-refractivity contribution < 1.29 is 41.9 Å². The number of unbranched alkanes of at least 4 members (excludes halogenated alkanes) is 6. The summed E-state index contributed by atoms with van der Waals surface area (Å²) in [5.41, 5.74) is -0.735. The molecular weight excluding hydrogens is 612 g/mol. The smallest absolute Gasteiger partial charge is 0.422 e. The lowest BCUT2D eigenvalue weighted by Crippen LogP contribution is -2.42. The molecule has 45 heavy (non-hydrogen) atoms. The van der Waals surface area contributed by atoms with Crippen LogP contribution in [0.3, 0.4) is 0 Å². The summed E-state index contributed by atoms with van der Waals surface area (Å²) < 4.78 is 42.4. The highest BCUT2D eigenvalue weighted by Crippen LogP contribution is 2.28. The lowest BCUT2D eigenvalue weighted by atomic mass is 10.1. The summed E-state index contributed by atoms with van der Waals surface area (Å²) in [7, 11) is -4.76. The molecule has 0 aliphatic carbocycles. The van der Waals surface area contributed by atoms with Gasteiger partial charge in [-0.1, -0.05) is 75.8 Å². The minimum absolute atomic E-state index is 0.204. The third-order valence-electron chi connectivity index (χ3n) is 7.17. The number of aliphatic hydroxyl groups is 2. The first-order valence-corrected chi connectivity index (χ1v) is 16.4. The minimum Gasteiger partial charge on any atom is -0.447 e. The summed E-state index contributed by atoms with van der Waals surface area (Å²) in [5, 5.41) is 23.4. The molecule has 0 bridgehead atoms. The first kappa shape index (κ1) is 35.9. The largest absolute Gasteiger partial charge is 0.447 e. The van der Waals surface area contributed by atoms with Crippen LogP contribution in [-0.4, -0.2) is 77.7 Å². The van der Waals surface area contributed by atoms with Gasteiger partial charge in [0.05, 0.1) is 12.6 Å². The summed E-state index contributed by atoms with van der Waals surface area (Å²) >= 11 is 0. The fraction of sp³-hybridized carbons (Fsp3) is 0.586. The van der Waals surface area contributed by atoms with Crippen molar-refractivity contribution in [3.63, 3.8) is 0 Å². The van der Waals surface area contributed by atoms with Gasteiger partial charge in [0.1, 0.15) is 24.9 Å². The van der Waals surface area contributed by atoms with Gasteiger partial charge in [-0.15, -0.1) is 0 Å². The molecule has 2 heterocycles. The Morgan fingerprint density at radius 3 is 2.40 bits per heavy atom. The molecular formula is C29H42N4O11S. The van der Waals surface area contributed by atoms with Crippen molar-refractivity contribution in [2.75, 3.05) is 13.2 Å². The van der Waals surface area contributed by atoms with E-state index in [2.05, 4.69) is 12.2 Å². The van der Waals surface area contributed by atoms with Crippen LogP contribution < -0.4 is 21.3 Å². The average molecular weight is 655 g/mol. The monoisotopic (exact) mass is 654 g/mol. The van der Waals surface area contributed by atoms with E-state index in [4.69, 9.17) is 13.7 Å². The number of nitrogens with zero attached hydrogens (tertiary/aromatic N) is 1. The predicted molar refractivity (Wildman–Crippen MR) is 161 cm³/mol. The van der Waals surface area contributed by atoms with Gasteiger partial charge in [-0.3, -0.25) is 23.3 Å². The number of carbonyl (C=O) groups excluding carboxylic acids is 2. The van der Waals surface area contributed by atoms with Crippen molar-refractivity contribution in [3.8, 4) is 0 Å². The summed E-state index contributed by atoms with van der Waals surface area (Å²) in [4.78, 5) is 50.2. The van der Waals surface area contributed by atoms with Crippen LogP contribution in [0.15, 0.2) is 52.2 Å². The second-order valence-electron chi connectivity index (χ2n) is 10.8. The van der Waals surface area contributed by atoms with Crippen LogP contribution in [-0.2, 0) is 35.2 Å². The zero-order valence-corrected chi connectivity index (χ0v) is 25.9. The standard InChI is InChI=1S/C29H42N4O11S/c1-2-3-4-5-6-7-11-14-23(34)30-21(17-20-12-9-8-10-13-20)18-42-29(39)32-45(40,41)43-19-22-25(36)26(37)27(44-22)33-16-15-24(35)31-28(33)38/h8-10,12-13,15-16,21-22,25-27,36-37H,2-7,11,14,17-19H2,1H3,(H,30,34)(H,32,39)(H,31,35,38)/t21?,22-,25-,26-,27-/m1/s1. The van der Waals surface area contributed by atoms with Crippen LogP contribution in [0.25, 0.3) is 0 Å². The van der Waals surface area contributed by atoms with E-state index in [1.807, 2.05) is 35.3 Å². The van der Waals surface area contributed by atoms with Crippen LogP contribution in [0.2, 0.25) is 0 Å².